The Morgan fingerprint density at radius 3 is 1.50 bits per heavy atom. The van der Waals surface area contributed by atoms with Gasteiger partial charge in [0.15, 0.2) is 0 Å². The van der Waals surface area contributed by atoms with Crippen LogP contribution in [-0.4, -0.2) is 6.18 Å². The molecule has 0 bridgehead atoms. The number of rotatable bonds is 0. The molecule has 0 saturated carbocycles. The standard InChI is InChI=1S/C7H13F3/c1-5(6(2,3)4)7(8,9)10/h5H,1-4H3/i5D. The molecule has 0 N–H and O–H groups in total. The average Bonchev–Trinajstić information content (AvgIpc) is 1.58. The first kappa shape index (κ1) is 7.89. The highest BCUT2D eigenvalue weighted by Gasteiger charge is 2.42. The fourth-order valence-corrected chi connectivity index (χ4v) is 0.425. The summed E-state index contributed by atoms with van der Waals surface area (Å²) in [6.45, 7) is 5.13. The van der Waals surface area contributed by atoms with Crippen molar-refractivity contribution in [2.75, 3.05) is 0 Å². The molecule has 0 aromatic carbocycles. The molecule has 1 unspecified atom stereocenters. The van der Waals surface area contributed by atoms with Crippen molar-refractivity contribution in [3.05, 3.63) is 0 Å². The monoisotopic (exact) mass is 155 g/mol. The van der Waals surface area contributed by atoms with Crippen molar-refractivity contribution in [2.24, 2.45) is 11.3 Å². The fraction of sp³-hybridized carbons (Fsp3) is 1.00. The first-order valence-corrected chi connectivity index (χ1v) is 3.07. The van der Waals surface area contributed by atoms with E-state index in [2.05, 4.69) is 0 Å². The smallest absolute Gasteiger partial charge is 0.171 e. The molecule has 0 aliphatic rings. The molecule has 1 atom stereocenters. The highest BCUT2D eigenvalue weighted by atomic mass is 19.4. The van der Waals surface area contributed by atoms with Crippen LogP contribution < -0.4 is 0 Å². The van der Waals surface area contributed by atoms with Crippen molar-refractivity contribution >= 4 is 0 Å². The molecule has 0 spiro atoms. The highest BCUT2D eigenvalue weighted by Crippen LogP contribution is 2.38. The molecule has 0 fully saturated rings. The van der Waals surface area contributed by atoms with Gasteiger partial charge in [0, 0.05) is 1.37 Å². The van der Waals surface area contributed by atoms with Gasteiger partial charge in [0.1, 0.15) is 0 Å². The Bertz CT molecular complexity index is 125. The van der Waals surface area contributed by atoms with Gasteiger partial charge in [0.25, 0.3) is 0 Å². The van der Waals surface area contributed by atoms with E-state index in [0.29, 0.717) is 0 Å². The zero-order valence-corrected chi connectivity index (χ0v) is 6.63. The van der Waals surface area contributed by atoms with Gasteiger partial charge in [-0.3, -0.25) is 0 Å². The van der Waals surface area contributed by atoms with Crippen LogP contribution in [0.15, 0.2) is 0 Å². The van der Waals surface area contributed by atoms with E-state index < -0.39 is 17.5 Å². The normalized spacial score (nSPS) is 21.7. The predicted molar refractivity (Wildman–Crippen MR) is 34.7 cm³/mol. The molecular formula is C7H13F3. The van der Waals surface area contributed by atoms with Crippen LogP contribution in [0.5, 0.6) is 0 Å². The molecule has 0 aromatic heterocycles. The van der Waals surface area contributed by atoms with Gasteiger partial charge in [-0.25, -0.2) is 0 Å². The van der Waals surface area contributed by atoms with Gasteiger partial charge in [0.2, 0.25) is 0 Å². The van der Waals surface area contributed by atoms with Gasteiger partial charge in [0.05, 0.1) is 5.89 Å². The van der Waals surface area contributed by atoms with Crippen LogP contribution in [-0.2, 0) is 0 Å². The molecule has 0 aliphatic heterocycles. The third-order valence-electron chi connectivity index (χ3n) is 1.55. The first-order valence-electron chi connectivity index (χ1n) is 3.57. The van der Waals surface area contributed by atoms with Crippen LogP contribution in [0.25, 0.3) is 0 Å². The van der Waals surface area contributed by atoms with Crippen molar-refractivity contribution in [1.82, 2.24) is 0 Å². The fourth-order valence-electron chi connectivity index (χ4n) is 0.425. The largest absolute Gasteiger partial charge is 0.392 e. The van der Waals surface area contributed by atoms with E-state index >= 15 is 0 Å². The lowest BCUT2D eigenvalue weighted by Crippen LogP contribution is -2.31. The molecule has 62 valence electrons. The van der Waals surface area contributed by atoms with Crippen molar-refractivity contribution in [1.29, 1.82) is 0 Å². The van der Waals surface area contributed by atoms with E-state index in [9.17, 15) is 13.2 Å². The van der Waals surface area contributed by atoms with Crippen LogP contribution >= 0.6 is 0 Å². The lowest BCUT2D eigenvalue weighted by molar-refractivity contribution is -0.194. The lowest BCUT2D eigenvalue weighted by Gasteiger charge is -2.28. The van der Waals surface area contributed by atoms with Crippen LogP contribution in [0.1, 0.15) is 29.1 Å². The first-order chi connectivity index (χ1) is 4.50. The van der Waals surface area contributed by atoms with Crippen molar-refractivity contribution in [3.8, 4) is 0 Å². The van der Waals surface area contributed by atoms with Gasteiger partial charge in [-0.05, 0) is 5.41 Å². The maximum Gasteiger partial charge on any atom is 0.392 e. The quantitative estimate of drug-likeness (QED) is 0.503. The van der Waals surface area contributed by atoms with Gasteiger partial charge in [-0.15, -0.1) is 0 Å². The van der Waals surface area contributed by atoms with Crippen molar-refractivity contribution in [2.45, 2.75) is 33.9 Å². The van der Waals surface area contributed by atoms with Gasteiger partial charge < -0.3 is 0 Å². The summed E-state index contributed by atoms with van der Waals surface area (Å²) in [7, 11) is 0. The Kier molecular flexibility index (Phi) is 1.92. The Morgan fingerprint density at radius 1 is 1.20 bits per heavy atom. The SMILES string of the molecule is [2H]C(C)(C(C)(C)C)C(F)(F)F. The summed E-state index contributed by atoms with van der Waals surface area (Å²) in [6.07, 6.45) is -4.45. The summed E-state index contributed by atoms with van der Waals surface area (Å²) >= 11 is 0. The van der Waals surface area contributed by atoms with Gasteiger partial charge >= 0.3 is 6.18 Å². The number of hydrogen-bond donors (Lipinski definition) is 0. The van der Waals surface area contributed by atoms with E-state index in [1.807, 2.05) is 0 Å². The lowest BCUT2D eigenvalue weighted by atomic mass is 9.82. The summed E-state index contributed by atoms with van der Waals surface area (Å²) in [6, 6.07) is 0. The Hall–Kier alpha value is -0.210. The van der Waals surface area contributed by atoms with E-state index in [1.54, 1.807) is 0 Å². The van der Waals surface area contributed by atoms with E-state index in [1.165, 1.54) is 20.8 Å². The van der Waals surface area contributed by atoms with Gasteiger partial charge in [-0.1, -0.05) is 27.7 Å². The molecule has 0 heterocycles. The second-order valence-corrected chi connectivity index (χ2v) is 3.37. The van der Waals surface area contributed by atoms with Crippen molar-refractivity contribution in [3.63, 3.8) is 0 Å². The molecule has 0 nitrogen and oxygen atoms in total. The highest BCUT2D eigenvalue weighted by molar-refractivity contribution is 4.75. The molecule has 3 heteroatoms. The second kappa shape index (κ2) is 2.44. The minimum atomic E-state index is -4.45. The van der Waals surface area contributed by atoms with Crippen LogP contribution in [0.4, 0.5) is 13.2 Å². The number of hydrogen-bond acceptors (Lipinski definition) is 0. The summed E-state index contributed by atoms with van der Waals surface area (Å²) < 4.78 is 43.5. The average molecular weight is 155 g/mol. The van der Waals surface area contributed by atoms with E-state index in [4.69, 9.17) is 1.37 Å². The zero-order chi connectivity index (χ0) is 9.50. The molecule has 0 aliphatic carbocycles. The predicted octanol–water partition coefficient (Wildman–Crippen LogP) is 3.23. The summed E-state index contributed by atoms with van der Waals surface area (Å²) in [5, 5.41) is 0. The molecule has 10 heavy (non-hydrogen) atoms. The Balaban J connectivity index is 4.75. The molecule has 0 radical (unpaired) electrons. The number of alkyl halides is 3. The minimum Gasteiger partial charge on any atom is -0.171 e. The molecule has 0 aromatic rings. The topological polar surface area (TPSA) is 0 Å². The summed E-state index contributed by atoms with van der Waals surface area (Å²) in [5.41, 5.74) is -1.08. The summed E-state index contributed by atoms with van der Waals surface area (Å²) in [5.74, 6) is -2.38. The third kappa shape index (κ3) is 2.58. The second-order valence-electron chi connectivity index (χ2n) is 3.37. The van der Waals surface area contributed by atoms with Crippen LogP contribution in [0.2, 0.25) is 0 Å². The minimum absolute atomic E-state index is 0.896. The van der Waals surface area contributed by atoms with Crippen LogP contribution in [0, 0.1) is 11.3 Å². The Labute approximate surface area is 60.8 Å². The molecule has 0 rings (SSSR count). The van der Waals surface area contributed by atoms with Crippen LogP contribution in [0.3, 0.4) is 0 Å². The van der Waals surface area contributed by atoms with Crippen molar-refractivity contribution < 1.29 is 14.5 Å². The zero-order valence-electron chi connectivity index (χ0n) is 7.63. The third-order valence-corrected chi connectivity index (χ3v) is 1.55. The summed E-state index contributed by atoms with van der Waals surface area (Å²) in [4.78, 5) is 0. The van der Waals surface area contributed by atoms with E-state index in [-0.39, 0.29) is 0 Å². The van der Waals surface area contributed by atoms with E-state index in [0.717, 1.165) is 6.92 Å². The molecular weight excluding hydrogens is 141 g/mol. The maximum atomic E-state index is 12.1. The Morgan fingerprint density at radius 2 is 1.50 bits per heavy atom. The molecule has 0 amide bonds. The van der Waals surface area contributed by atoms with Gasteiger partial charge in [-0.2, -0.15) is 13.2 Å². The molecule has 0 saturated heterocycles. The number of halogens is 3. The maximum absolute atomic E-state index is 12.1.